The fourth-order valence-corrected chi connectivity index (χ4v) is 21.3. The van der Waals surface area contributed by atoms with Gasteiger partial charge >= 0.3 is 0 Å². The molecule has 0 saturated heterocycles. The Balaban J connectivity index is 0.000000103. The molecule has 8 heteroatoms. The van der Waals surface area contributed by atoms with E-state index in [4.69, 9.17) is 4.42 Å². The van der Waals surface area contributed by atoms with Gasteiger partial charge in [-0.15, -0.1) is 11.3 Å². The minimum absolute atomic E-state index is 0.117. The first-order valence-corrected chi connectivity index (χ1v) is 46.9. The number of fused-ring (bicyclic) bond motifs is 24. The molecular formula is C124H104N6OS. The molecule has 0 aliphatic heterocycles. The highest BCUT2D eigenvalue weighted by Gasteiger charge is 2.27. The van der Waals surface area contributed by atoms with Crippen LogP contribution in [-0.2, 0) is 21.7 Å². The van der Waals surface area contributed by atoms with Gasteiger partial charge in [-0.3, -0.25) is 0 Å². The van der Waals surface area contributed by atoms with Gasteiger partial charge in [-0.05, 0) is 190 Å². The van der Waals surface area contributed by atoms with Crippen molar-refractivity contribution in [1.82, 2.24) is 22.8 Å². The number of benzene rings is 18. The lowest BCUT2D eigenvalue weighted by molar-refractivity contribution is 0.590. The van der Waals surface area contributed by atoms with E-state index < -0.39 is 0 Å². The van der Waals surface area contributed by atoms with Gasteiger partial charge in [-0.25, -0.2) is 0 Å². The summed E-state index contributed by atoms with van der Waals surface area (Å²) in [6.45, 7) is 27.1. The topological polar surface area (TPSA) is 41.0 Å². The van der Waals surface area contributed by atoms with Crippen molar-refractivity contribution in [3.05, 3.63) is 435 Å². The van der Waals surface area contributed by atoms with Crippen molar-refractivity contribution in [1.29, 1.82) is 0 Å². The number of anilines is 3. The zero-order chi connectivity index (χ0) is 90.1. The van der Waals surface area contributed by atoms with E-state index in [1.54, 1.807) is 0 Å². The van der Waals surface area contributed by atoms with Gasteiger partial charge in [-0.1, -0.05) is 350 Å². The molecule has 0 amide bonds. The van der Waals surface area contributed by atoms with E-state index in [0.717, 1.165) is 50.2 Å². The lowest BCUT2D eigenvalue weighted by atomic mass is 9.87. The van der Waals surface area contributed by atoms with Crippen molar-refractivity contribution >= 4 is 180 Å². The standard InChI is InChI=1S/C34H28N2.C34H30N2.C28H23NO.C28H23NS/c1-34(2,3)23-17-19-25(20-18-23)36-31-16-10-8-14-27(31)29-22-21-28-26-13-7-9-15-30(26)35(32(28)33(29)36)24-11-5-4-6-12-24;1-34(2,3)25-18-20-28(21-19-25)36-32-17-11-10-16-30(32)31-23-22-29(24-33(31)36)35(26-12-6-4-7-13-26)27-14-8-5-9-15-27;2*1-28(2,3)18-12-14-19(15-13-18)29-24-10-6-4-8-20(24)22-16-17-23-21-9-5-7-11-25(21)30-27(23)26(22)29/h4-22H,1-3H3;4-24H,1-3H3;2*4-17H,1-3H3. The summed E-state index contributed by atoms with van der Waals surface area (Å²) in [6.07, 6.45) is 0. The van der Waals surface area contributed by atoms with Crippen LogP contribution >= 0.6 is 11.3 Å². The smallest absolute Gasteiger partial charge is 0.160 e. The molecule has 7 heterocycles. The van der Waals surface area contributed by atoms with Crippen LogP contribution in [0, 0.1) is 0 Å². The van der Waals surface area contributed by atoms with E-state index in [1.807, 2.05) is 23.5 Å². The Bertz CT molecular complexity index is 8410. The summed E-state index contributed by atoms with van der Waals surface area (Å²) >= 11 is 1.90. The lowest BCUT2D eigenvalue weighted by Crippen LogP contribution is -2.11. The molecule has 0 aliphatic rings. The third-order valence-corrected chi connectivity index (χ3v) is 27.9. The normalized spacial score (nSPS) is 12.2. The Labute approximate surface area is 774 Å². The zero-order valence-electron chi connectivity index (χ0n) is 76.8. The van der Waals surface area contributed by atoms with Crippen LogP contribution in [0.25, 0.3) is 180 Å². The van der Waals surface area contributed by atoms with Gasteiger partial charge in [0.05, 0.1) is 59.9 Å². The average Bonchev–Trinajstić information content (AvgIpc) is 1.55. The Morgan fingerprint density at radius 1 is 0.205 bits per heavy atom. The molecule has 0 N–H and O–H groups in total. The van der Waals surface area contributed by atoms with Crippen LogP contribution in [0.3, 0.4) is 0 Å². The van der Waals surface area contributed by atoms with E-state index in [2.05, 4.69) is 511 Å². The number of furan rings is 1. The van der Waals surface area contributed by atoms with Crippen LogP contribution in [0.5, 0.6) is 0 Å². The summed E-state index contributed by atoms with van der Waals surface area (Å²) in [5, 5.41) is 17.7. The summed E-state index contributed by atoms with van der Waals surface area (Å²) in [7, 11) is 0. The molecule has 7 aromatic heterocycles. The molecule has 642 valence electrons. The summed E-state index contributed by atoms with van der Waals surface area (Å²) < 4.78 is 21.2. The van der Waals surface area contributed by atoms with Crippen molar-refractivity contribution in [3.63, 3.8) is 0 Å². The maximum atomic E-state index is 6.41. The van der Waals surface area contributed by atoms with Gasteiger partial charge in [0.2, 0.25) is 0 Å². The summed E-state index contributed by atoms with van der Waals surface area (Å²) in [5.41, 5.74) is 29.4. The molecule has 25 rings (SSSR count). The third-order valence-electron chi connectivity index (χ3n) is 26.8. The van der Waals surface area contributed by atoms with Crippen molar-refractivity contribution in [2.24, 2.45) is 0 Å². The second kappa shape index (κ2) is 32.5. The van der Waals surface area contributed by atoms with Crippen molar-refractivity contribution in [2.75, 3.05) is 4.90 Å². The maximum absolute atomic E-state index is 6.41. The van der Waals surface area contributed by atoms with Crippen LogP contribution < -0.4 is 4.90 Å². The SMILES string of the molecule is CC(C)(C)c1ccc(-n2c3ccccc3c3ccc(N(c4ccccc4)c4ccccc4)cc32)cc1.CC(C)(C)c1ccc(-n2c3ccccc3c3ccc4c5ccccc5n(-c5ccccc5)c4c32)cc1.CC(C)(C)c1ccc(-n2c3ccccc3c3ccc4c5ccccc5oc4c32)cc1.CC(C)(C)c1ccc(-n2c3ccccc3c3ccc4c5ccccc5sc4c32)cc1. The van der Waals surface area contributed by atoms with Gasteiger partial charge in [0.1, 0.15) is 5.58 Å². The van der Waals surface area contributed by atoms with Gasteiger partial charge in [0.15, 0.2) is 5.58 Å². The number of para-hydroxylation sites is 9. The molecule has 0 spiro atoms. The van der Waals surface area contributed by atoms with Crippen LogP contribution in [0.15, 0.2) is 417 Å². The Kier molecular flexibility index (Phi) is 20.3. The van der Waals surface area contributed by atoms with Crippen LogP contribution in [-0.4, -0.2) is 22.8 Å². The number of nitrogens with zero attached hydrogens (tertiary/aromatic N) is 6. The van der Waals surface area contributed by atoms with E-state index >= 15 is 0 Å². The van der Waals surface area contributed by atoms with Crippen LogP contribution in [0.2, 0.25) is 0 Å². The molecule has 25 aromatic rings. The first-order chi connectivity index (χ1) is 64.1. The zero-order valence-corrected chi connectivity index (χ0v) is 77.6. The Morgan fingerprint density at radius 3 is 0.917 bits per heavy atom. The van der Waals surface area contributed by atoms with E-state index in [0.29, 0.717) is 0 Å². The van der Waals surface area contributed by atoms with Crippen molar-refractivity contribution in [2.45, 2.75) is 105 Å². The molecule has 0 atom stereocenters. The molecule has 0 saturated carbocycles. The minimum atomic E-state index is 0.117. The highest BCUT2D eigenvalue weighted by atomic mass is 32.1. The minimum Gasteiger partial charge on any atom is -0.454 e. The van der Waals surface area contributed by atoms with Gasteiger partial charge in [-0.2, -0.15) is 0 Å². The monoisotopic (exact) mass is 1720 g/mol. The fraction of sp³-hybridized carbons (Fsp3) is 0.129. The molecule has 7 nitrogen and oxygen atoms in total. The van der Waals surface area contributed by atoms with E-state index in [-0.39, 0.29) is 21.7 Å². The molecule has 0 radical (unpaired) electrons. The number of aromatic nitrogens is 5. The van der Waals surface area contributed by atoms with Gasteiger partial charge in [0, 0.05) is 126 Å². The Morgan fingerprint density at radius 2 is 0.492 bits per heavy atom. The predicted octanol–water partition coefficient (Wildman–Crippen LogP) is 35.2. The molecule has 132 heavy (non-hydrogen) atoms. The van der Waals surface area contributed by atoms with E-state index in [1.165, 1.54) is 169 Å². The molecule has 18 aromatic carbocycles. The molecule has 0 fully saturated rings. The molecular weight excluding hydrogens is 1620 g/mol. The number of thiophene rings is 1. The van der Waals surface area contributed by atoms with E-state index in [9.17, 15) is 0 Å². The van der Waals surface area contributed by atoms with Crippen molar-refractivity contribution < 1.29 is 4.42 Å². The number of rotatable bonds is 8. The fourth-order valence-electron chi connectivity index (χ4n) is 20.0. The molecule has 0 unspecified atom stereocenters. The first-order valence-electron chi connectivity index (χ1n) is 46.1. The van der Waals surface area contributed by atoms with Crippen LogP contribution in [0.1, 0.15) is 105 Å². The quantitative estimate of drug-likeness (QED) is 0.152. The second-order valence-electron chi connectivity index (χ2n) is 39.2. The summed E-state index contributed by atoms with van der Waals surface area (Å²) in [4.78, 5) is 2.32. The van der Waals surface area contributed by atoms with Gasteiger partial charge in [0.25, 0.3) is 0 Å². The first kappa shape index (κ1) is 82.5. The number of hydrogen-bond donors (Lipinski definition) is 0. The highest BCUT2D eigenvalue weighted by molar-refractivity contribution is 7.26. The maximum Gasteiger partial charge on any atom is 0.160 e. The van der Waals surface area contributed by atoms with Crippen molar-refractivity contribution in [3.8, 4) is 28.4 Å². The average molecular weight is 1730 g/mol. The second-order valence-corrected chi connectivity index (χ2v) is 40.3. The predicted molar refractivity (Wildman–Crippen MR) is 567 cm³/mol. The third kappa shape index (κ3) is 14.4. The summed E-state index contributed by atoms with van der Waals surface area (Å²) in [6, 6.07) is 149. The number of hydrogen-bond acceptors (Lipinski definition) is 3. The highest BCUT2D eigenvalue weighted by Crippen LogP contribution is 2.48. The largest absolute Gasteiger partial charge is 0.454 e. The van der Waals surface area contributed by atoms with Gasteiger partial charge < -0.3 is 32.2 Å². The Hall–Kier alpha value is -15.2. The molecule has 0 bridgehead atoms. The molecule has 0 aliphatic carbocycles. The van der Waals surface area contributed by atoms with Crippen LogP contribution in [0.4, 0.5) is 17.1 Å². The summed E-state index contributed by atoms with van der Waals surface area (Å²) in [5.74, 6) is 0. The lowest BCUT2D eigenvalue weighted by Gasteiger charge is -2.25.